The van der Waals surface area contributed by atoms with Gasteiger partial charge in [0.1, 0.15) is 35.6 Å². The van der Waals surface area contributed by atoms with Crippen LogP contribution in [-0.2, 0) is 53.2 Å². The molecule has 3 aromatic heterocycles. The molecule has 0 bridgehead atoms. The summed E-state index contributed by atoms with van der Waals surface area (Å²) in [7, 11) is -1.67. The smallest absolute Gasteiger partial charge is 0.410 e. The van der Waals surface area contributed by atoms with E-state index in [0.717, 1.165) is 44.7 Å². The molecule has 2 fully saturated rings. The van der Waals surface area contributed by atoms with Crippen molar-refractivity contribution in [3.63, 3.8) is 0 Å². The van der Waals surface area contributed by atoms with E-state index in [1.807, 2.05) is 67.9 Å². The highest BCUT2D eigenvalue weighted by molar-refractivity contribution is 7.10. The lowest BCUT2D eigenvalue weighted by molar-refractivity contribution is -0.150. The number of hydrazine groups is 1. The molecule has 9 rings (SSSR count). The van der Waals surface area contributed by atoms with Crippen LogP contribution >= 0.6 is 11.3 Å². The first-order valence-corrected chi connectivity index (χ1v) is 32.3. The molecule has 3 amide bonds. The fraction of sp³-hybridized carbons (Fsp3) is 0.418. The van der Waals surface area contributed by atoms with Crippen molar-refractivity contribution in [2.45, 2.75) is 130 Å². The van der Waals surface area contributed by atoms with Gasteiger partial charge >= 0.3 is 18.2 Å². The van der Waals surface area contributed by atoms with E-state index in [1.54, 1.807) is 25.7 Å². The number of anilines is 1. The van der Waals surface area contributed by atoms with Gasteiger partial charge in [-0.3, -0.25) is 14.6 Å². The molecule has 7 aromatic rings. The topological polar surface area (TPSA) is 193 Å². The second kappa shape index (κ2) is 26.0. The van der Waals surface area contributed by atoms with Crippen molar-refractivity contribution in [2.24, 2.45) is 5.41 Å². The van der Waals surface area contributed by atoms with Crippen LogP contribution in [-0.4, -0.2) is 121 Å². The van der Waals surface area contributed by atoms with Crippen LogP contribution in [0.4, 0.5) is 15.4 Å². The van der Waals surface area contributed by atoms with Gasteiger partial charge in [0.25, 0.3) is 14.2 Å². The summed E-state index contributed by atoms with van der Waals surface area (Å²) in [5.74, 6) is -0.172. The number of ether oxygens (including phenoxy) is 3. The van der Waals surface area contributed by atoms with Crippen LogP contribution in [0.2, 0.25) is 5.04 Å². The number of thiazole rings is 1. The summed E-state index contributed by atoms with van der Waals surface area (Å²) in [6, 6.07) is 42.2. The number of amides is 3. The van der Waals surface area contributed by atoms with E-state index in [4.69, 9.17) is 28.6 Å². The minimum Gasteiger partial charge on any atom is -0.468 e. The number of esters is 1. The summed E-state index contributed by atoms with van der Waals surface area (Å²) in [6.07, 6.45) is 2.35. The molecule has 2 aliphatic heterocycles. The lowest BCUT2D eigenvalue weighted by Gasteiger charge is -2.44. The highest BCUT2D eigenvalue weighted by Gasteiger charge is 2.51. The Balaban J connectivity index is 1.11. The minimum atomic E-state index is -2.98. The largest absolute Gasteiger partial charge is 0.468 e. The van der Waals surface area contributed by atoms with E-state index in [9.17, 15) is 24.4 Å². The van der Waals surface area contributed by atoms with Gasteiger partial charge in [0.15, 0.2) is 0 Å². The Hall–Kier alpha value is -7.89. The summed E-state index contributed by atoms with van der Waals surface area (Å²) in [5.41, 5.74) is 6.69. The third-order valence-corrected chi connectivity index (χ3v) is 21.7. The Labute approximate surface area is 510 Å². The first kappa shape index (κ1) is 62.6. The van der Waals surface area contributed by atoms with Gasteiger partial charge in [-0.05, 0) is 110 Å². The number of rotatable bonds is 18. The average molecular weight is 1200 g/mol. The molecule has 452 valence electrons. The molecular formula is C67H81N9O8SSi. The predicted molar refractivity (Wildman–Crippen MR) is 339 cm³/mol. The Morgan fingerprint density at radius 2 is 1.47 bits per heavy atom. The van der Waals surface area contributed by atoms with Crippen molar-refractivity contribution in [2.75, 3.05) is 51.3 Å². The van der Waals surface area contributed by atoms with Crippen LogP contribution < -0.4 is 26.0 Å². The number of alkyl carbamates (subject to hydrolysis) is 1. The second-order valence-electron chi connectivity index (χ2n) is 25.6. The SMILES string of the molecule is COC(=O)[C@@H]1CCCN(C(=O)C(Cc2nc(-c3ccc4c(c3)c(CC(C)(C)CO[Si](c3ccccc3)(c3ccccc3)C(C)(C)C)c(-c3ccnc(N5CCN(C(=O)OCc6ccccc6)CC5)c3)n4C(C)(C)C#N)cs2)NC(=O)OC(C)(C)C)N1. The Morgan fingerprint density at radius 3 is 2.08 bits per heavy atom. The molecule has 17 nitrogen and oxygen atoms in total. The van der Waals surface area contributed by atoms with Gasteiger partial charge in [0, 0.05) is 73.8 Å². The maximum absolute atomic E-state index is 14.4. The number of carbonyl (C=O) groups excluding carboxylic acids is 4. The zero-order valence-corrected chi connectivity index (χ0v) is 53.3. The molecule has 19 heteroatoms. The zero-order valence-electron chi connectivity index (χ0n) is 51.4. The standard InChI is InChI=1S/C67H81N9O8SSi/c1-64(2,3)84-62(79)71-54(60(77)75-33-21-28-53(72-75)61(78)81-11)40-58-70-55(43-85-58)47-29-30-56-51(38-47)52(41-66(7,8)45-83-86(65(4,5)6,49-24-17-13-18-25-49)50-26-19-14-20-27-50)59(76(56)67(9,10)44-68)48-31-32-69-57(39-48)73-34-36-74(37-35-73)63(80)82-42-46-22-15-12-16-23-46/h12-20,22-27,29-32,38-39,43,53-54,72H,21,28,33-37,40-42,45H2,1-11H3,(H,71,79)/t53-,54?/m0/s1. The average Bonchev–Trinajstić information content (AvgIpc) is 1.57. The van der Waals surface area contributed by atoms with Crippen molar-refractivity contribution in [3.8, 4) is 28.6 Å². The number of piperazine rings is 1. The third-order valence-electron chi connectivity index (χ3n) is 15.9. The van der Waals surface area contributed by atoms with Crippen LogP contribution in [0.1, 0.15) is 98.2 Å². The summed E-state index contributed by atoms with van der Waals surface area (Å²) >= 11 is 1.37. The number of pyridine rings is 1. The van der Waals surface area contributed by atoms with E-state index < -0.39 is 54.9 Å². The van der Waals surface area contributed by atoms with Crippen LogP contribution in [0.15, 0.2) is 133 Å². The van der Waals surface area contributed by atoms with Crippen LogP contribution in [0, 0.1) is 16.7 Å². The molecule has 86 heavy (non-hydrogen) atoms. The number of hydrogen-bond donors (Lipinski definition) is 2. The first-order valence-electron chi connectivity index (χ1n) is 29.5. The maximum Gasteiger partial charge on any atom is 0.410 e. The molecule has 2 N–H and O–H groups in total. The highest BCUT2D eigenvalue weighted by Crippen LogP contribution is 2.45. The molecule has 1 unspecified atom stereocenters. The first-order chi connectivity index (χ1) is 40.9. The lowest BCUT2D eigenvalue weighted by Crippen LogP contribution is -2.67. The highest BCUT2D eigenvalue weighted by atomic mass is 32.1. The quantitative estimate of drug-likeness (QED) is 0.0469. The van der Waals surface area contributed by atoms with Crippen LogP contribution in [0.25, 0.3) is 33.4 Å². The van der Waals surface area contributed by atoms with Crippen molar-refractivity contribution in [1.29, 1.82) is 5.26 Å². The Kier molecular flexibility index (Phi) is 18.9. The molecule has 0 aliphatic carbocycles. The third kappa shape index (κ3) is 14.2. The Bertz CT molecular complexity index is 3530. The van der Waals surface area contributed by atoms with E-state index in [0.29, 0.717) is 69.3 Å². The number of benzene rings is 4. The van der Waals surface area contributed by atoms with Gasteiger partial charge in [-0.2, -0.15) is 5.26 Å². The lowest BCUT2D eigenvalue weighted by atomic mass is 9.84. The number of carbonyl (C=O) groups is 4. The molecule has 0 saturated carbocycles. The number of aromatic nitrogens is 3. The zero-order chi connectivity index (χ0) is 61.6. The van der Waals surface area contributed by atoms with Gasteiger partial charge in [0.05, 0.1) is 35.1 Å². The number of nitrogens with zero attached hydrogens (tertiary/aromatic N) is 7. The number of nitrogens with one attached hydrogen (secondary N) is 2. The van der Waals surface area contributed by atoms with Crippen LogP contribution in [0.5, 0.6) is 0 Å². The molecule has 4 aromatic carbocycles. The molecule has 0 radical (unpaired) electrons. The van der Waals surface area contributed by atoms with Crippen molar-refractivity contribution in [3.05, 3.63) is 149 Å². The van der Waals surface area contributed by atoms with E-state index in [2.05, 4.69) is 140 Å². The predicted octanol–water partition coefficient (Wildman–Crippen LogP) is 10.8. The Morgan fingerprint density at radius 1 is 0.814 bits per heavy atom. The second-order valence-corrected chi connectivity index (χ2v) is 30.9. The van der Waals surface area contributed by atoms with Crippen molar-refractivity contribution >= 4 is 70.8 Å². The van der Waals surface area contributed by atoms with Gasteiger partial charge < -0.3 is 38.3 Å². The number of fused-ring (bicyclic) bond motifs is 1. The van der Waals surface area contributed by atoms with E-state index in [-0.39, 0.29) is 24.2 Å². The van der Waals surface area contributed by atoms with Gasteiger partial charge in [0.2, 0.25) is 0 Å². The number of methoxy groups -OCH3 is 1. The molecule has 2 aliphatic rings. The normalized spacial score (nSPS) is 15.7. The van der Waals surface area contributed by atoms with Gasteiger partial charge in [-0.1, -0.05) is 132 Å². The maximum atomic E-state index is 14.4. The summed E-state index contributed by atoms with van der Waals surface area (Å²) in [5, 5.41) is 20.9. The van der Waals surface area contributed by atoms with Crippen molar-refractivity contribution in [1.82, 2.24) is 35.2 Å². The molecule has 5 heterocycles. The summed E-state index contributed by atoms with van der Waals surface area (Å²) in [6.45, 7) is 23.4. The molecule has 2 saturated heterocycles. The van der Waals surface area contributed by atoms with Crippen molar-refractivity contribution < 1.29 is 37.8 Å². The molecular weight excluding hydrogens is 1120 g/mol. The van der Waals surface area contributed by atoms with E-state index >= 15 is 0 Å². The fourth-order valence-corrected chi connectivity index (χ4v) is 17.3. The minimum absolute atomic E-state index is 0.0471. The summed E-state index contributed by atoms with van der Waals surface area (Å²) in [4.78, 5) is 67.6. The molecule has 0 spiro atoms. The molecule has 2 atom stereocenters. The number of nitriles is 1. The van der Waals surface area contributed by atoms with Gasteiger partial charge in [-0.25, -0.2) is 25.0 Å². The fourth-order valence-electron chi connectivity index (χ4n) is 11.7. The van der Waals surface area contributed by atoms with Gasteiger partial charge in [-0.15, -0.1) is 11.3 Å². The van der Waals surface area contributed by atoms with E-state index in [1.165, 1.54) is 33.8 Å². The van der Waals surface area contributed by atoms with Crippen LogP contribution in [0.3, 0.4) is 0 Å². The number of hydrogen-bond acceptors (Lipinski definition) is 14. The monoisotopic (exact) mass is 1200 g/mol. The summed E-state index contributed by atoms with van der Waals surface area (Å²) < 4.78 is 26.2.